The number of Topliss-reactive ketones (excluding diaryl/α,β-unsaturated/α-hetero) is 1. The minimum absolute atomic E-state index is 0.0567. The fraction of sp³-hybridized carbons (Fsp3) is 0.500. The van der Waals surface area contributed by atoms with Crippen LogP contribution in [-0.2, 0) is 39.8 Å². The first-order chi connectivity index (χ1) is 18.7. The number of esters is 1. The second-order valence-corrected chi connectivity index (χ2v) is 9.00. The zero-order valence-electron chi connectivity index (χ0n) is 22.5. The molecule has 2 rings (SSSR count). The number of H-pyrrole nitrogens is 1. The van der Waals surface area contributed by atoms with Gasteiger partial charge in [0, 0.05) is 37.1 Å². The Morgan fingerprint density at radius 3 is 2.54 bits per heavy atom. The number of amides is 2. The largest absolute Gasteiger partial charge is 0.462 e. The third-order valence-corrected chi connectivity index (χ3v) is 5.60. The van der Waals surface area contributed by atoms with E-state index < -0.39 is 29.7 Å². The van der Waals surface area contributed by atoms with E-state index in [1.165, 1.54) is 7.11 Å². The zero-order chi connectivity index (χ0) is 28.6. The summed E-state index contributed by atoms with van der Waals surface area (Å²) >= 11 is 0. The number of carbonyl (C=O) groups excluding carboxylic acids is 4. The average Bonchev–Trinajstić information content (AvgIpc) is 3.30. The Labute approximate surface area is 226 Å². The van der Waals surface area contributed by atoms with Gasteiger partial charge in [0.2, 0.25) is 17.6 Å². The number of nitrogens with one attached hydrogen (secondary N) is 3. The minimum Gasteiger partial charge on any atom is -0.462 e. The van der Waals surface area contributed by atoms with Crippen molar-refractivity contribution in [3.8, 4) is 0 Å². The fourth-order valence-electron chi connectivity index (χ4n) is 3.74. The van der Waals surface area contributed by atoms with Crippen molar-refractivity contribution in [3.63, 3.8) is 0 Å². The summed E-state index contributed by atoms with van der Waals surface area (Å²) in [5.41, 5.74) is 10.3. The number of likely N-dealkylation sites (N-methyl/N-ethyl adjacent to an activating group) is 1. The molecule has 13 heteroatoms. The zero-order valence-corrected chi connectivity index (χ0v) is 22.5. The second-order valence-electron chi connectivity index (χ2n) is 9.00. The molecule has 212 valence electrons. The number of benzene rings is 1. The van der Waals surface area contributed by atoms with E-state index >= 15 is 0 Å². The maximum atomic E-state index is 13.4. The minimum atomic E-state index is -1.19. The maximum Gasteiger partial charge on any atom is 0.328 e. The Bertz CT molecular complexity index is 1160. The number of ketones is 1. The van der Waals surface area contributed by atoms with Gasteiger partial charge in [-0.25, -0.2) is 4.79 Å². The van der Waals surface area contributed by atoms with Gasteiger partial charge in [-0.05, 0) is 32.1 Å². The summed E-state index contributed by atoms with van der Waals surface area (Å²) in [6.45, 7) is 0.819. The maximum absolute atomic E-state index is 13.4. The first kappa shape index (κ1) is 31.3. The van der Waals surface area contributed by atoms with E-state index in [1.807, 2.05) is 24.3 Å². The van der Waals surface area contributed by atoms with Crippen molar-refractivity contribution in [3.05, 3.63) is 41.6 Å². The topological polar surface area (TPSA) is 175 Å². The van der Waals surface area contributed by atoms with Crippen LogP contribution in [0, 0.1) is 0 Å². The Hall–Kier alpha value is -3.90. The van der Waals surface area contributed by atoms with Crippen molar-refractivity contribution in [1.29, 1.82) is 0 Å². The lowest BCUT2D eigenvalue weighted by molar-refractivity contribution is -0.150. The first-order valence-corrected chi connectivity index (χ1v) is 12.5. The van der Waals surface area contributed by atoms with Crippen molar-refractivity contribution in [2.75, 3.05) is 54.2 Å². The molecule has 0 aliphatic carbocycles. The number of methoxy groups -OCH3 is 1. The van der Waals surface area contributed by atoms with Crippen LogP contribution in [0.1, 0.15) is 18.4 Å². The molecule has 39 heavy (non-hydrogen) atoms. The highest BCUT2D eigenvalue weighted by atomic mass is 16.6. The number of hydrogen-bond donors (Lipinski definition) is 3. The number of hydrogen-bond acceptors (Lipinski definition) is 8. The van der Waals surface area contributed by atoms with E-state index in [0.717, 1.165) is 22.7 Å². The van der Waals surface area contributed by atoms with Gasteiger partial charge in [0.15, 0.2) is 0 Å². The number of carbonyl (C=O) groups is 4. The van der Waals surface area contributed by atoms with Gasteiger partial charge < -0.3 is 40.3 Å². The number of para-hydroxylation sites is 1. The molecule has 1 heterocycles. The van der Waals surface area contributed by atoms with Crippen LogP contribution in [0.5, 0.6) is 0 Å². The molecule has 0 fully saturated rings. The van der Waals surface area contributed by atoms with Crippen LogP contribution in [-0.4, -0.2) is 111 Å². The molecule has 1 aromatic carbocycles. The molecule has 0 saturated carbocycles. The van der Waals surface area contributed by atoms with E-state index in [2.05, 4.69) is 20.4 Å². The standard InChI is InChI=1S/C26H36N6O7/c1-32(2)17-24(34)30-23(14-18-15-28-21-7-5-4-6-20(18)21)25(35)31-22(9-8-19(33)16-29-27)26(36)39-13-12-38-11-10-37-3/h4-7,15-16,22-23,28H,8-14,17H2,1-3H3,(H,30,34)(H,31,35)/t22-,23-/m0/s1. The number of rotatable bonds is 18. The summed E-state index contributed by atoms with van der Waals surface area (Å²) in [7, 11) is 4.99. The molecule has 2 atom stereocenters. The molecule has 3 N–H and O–H groups in total. The Morgan fingerprint density at radius 1 is 1.08 bits per heavy atom. The Balaban J connectivity index is 2.17. The lowest BCUT2D eigenvalue weighted by atomic mass is 10.0. The number of nitrogens with zero attached hydrogens (tertiary/aromatic N) is 3. The van der Waals surface area contributed by atoms with Crippen LogP contribution in [0.4, 0.5) is 0 Å². The molecule has 2 aromatic rings. The predicted molar refractivity (Wildman–Crippen MR) is 142 cm³/mol. The highest BCUT2D eigenvalue weighted by Crippen LogP contribution is 2.19. The summed E-state index contributed by atoms with van der Waals surface area (Å²) in [6.07, 6.45) is 2.35. The quantitative estimate of drug-likeness (QED) is 0.0778. The van der Waals surface area contributed by atoms with Crippen molar-refractivity contribution < 1.29 is 38.2 Å². The Kier molecular flexibility index (Phi) is 13.5. The van der Waals surface area contributed by atoms with Crippen molar-refractivity contribution in [2.24, 2.45) is 0 Å². The molecule has 13 nitrogen and oxygen atoms in total. The second kappa shape index (κ2) is 16.8. The summed E-state index contributed by atoms with van der Waals surface area (Å²) in [5.74, 6) is -2.30. The molecular formula is C26H36N6O7. The fourth-order valence-corrected chi connectivity index (χ4v) is 3.74. The highest BCUT2D eigenvalue weighted by Gasteiger charge is 2.29. The number of ether oxygens (including phenoxy) is 3. The van der Waals surface area contributed by atoms with Gasteiger partial charge in [0.05, 0.1) is 26.4 Å². The van der Waals surface area contributed by atoms with Crippen LogP contribution in [0.25, 0.3) is 16.4 Å². The van der Waals surface area contributed by atoms with Gasteiger partial charge in [-0.15, -0.1) is 0 Å². The van der Waals surface area contributed by atoms with Gasteiger partial charge in [-0.3, -0.25) is 14.4 Å². The molecule has 0 aliphatic rings. The lowest BCUT2D eigenvalue weighted by Crippen LogP contribution is -2.54. The molecule has 0 saturated heterocycles. The van der Waals surface area contributed by atoms with Gasteiger partial charge in [-0.1, -0.05) is 18.2 Å². The molecule has 0 spiro atoms. The van der Waals surface area contributed by atoms with E-state index in [0.29, 0.717) is 13.2 Å². The van der Waals surface area contributed by atoms with E-state index in [9.17, 15) is 19.2 Å². The lowest BCUT2D eigenvalue weighted by Gasteiger charge is -2.23. The van der Waals surface area contributed by atoms with Crippen LogP contribution in [0.2, 0.25) is 0 Å². The SMILES string of the molecule is COCCOCCOC(=O)[C@H](CCC(=O)C=[N+]=[N-])NC(=O)[C@H](Cc1c[nH]c2ccccc12)NC(=O)CN(C)C. The first-order valence-electron chi connectivity index (χ1n) is 12.5. The number of fused-ring (bicyclic) bond motifs is 1. The van der Waals surface area contributed by atoms with Gasteiger partial charge >= 0.3 is 12.2 Å². The molecule has 0 unspecified atom stereocenters. The van der Waals surface area contributed by atoms with Crippen LogP contribution in [0.3, 0.4) is 0 Å². The average molecular weight is 545 g/mol. The molecule has 2 amide bonds. The third-order valence-electron chi connectivity index (χ3n) is 5.60. The summed E-state index contributed by atoms with van der Waals surface area (Å²) in [4.78, 5) is 58.2. The Morgan fingerprint density at radius 2 is 1.82 bits per heavy atom. The molecule has 1 aromatic heterocycles. The number of aromatic amines is 1. The van der Waals surface area contributed by atoms with Gasteiger partial charge in [-0.2, -0.15) is 4.79 Å². The predicted octanol–water partition coefficient (Wildman–Crippen LogP) is 0.0977. The van der Waals surface area contributed by atoms with Crippen molar-refractivity contribution >= 4 is 40.7 Å². The normalized spacial score (nSPS) is 12.4. The highest BCUT2D eigenvalue weighted by molar-refractivity contribution is 6.25. The molecular weight excluding hydrogens is 508 g/mol. The molecule has 0 aliphatic heterocycles. The van der Waals surface area contributed by atoms with Crippen LogP contribution < -0.4 is 10.6 Å². The summed E-state index contributed by atoms with van der Waals surface area (Å²) in [6, 6.07) is 5.35. The summed E-state index contributed by atoms with van der Waals surface area (Å²) in [5, 5.41) is 6.26. The number of aromatic nitrogens is 1. The monoisotopic (exact) mass is 544 g/mol. The van der Waals surface area contributed by atoms with E-state index in [1.54, 1.807) is 25.2 Å². The van der Waals surface area contributed by atoms with E-state index in [4.69, 9.17) is 19.7 Å². The van der Waals surface area contributed by atoms with Gasteiger partial charge in [0.1, 0.15) is 18.7 Å². The van der Waals surface area contributed by atoms with E-state index in [-0.39, 0.29) is 44.9 Å². The third kappa shape index (κ3) is 11.2. The summed E-state index contributed by atoms with van der Waals surface area (Å²) < 4.78 is 15.4. The van der Waals surface area contributed by atoms with Crippen molar-refractivity contribution in [1.82, 2.24) is 20.5 Å². The molecule has 0 radical (unpaired) electrons. The van der Waals surface area contributed by atoms with Gasteiger partial charge in [0.25, 0.3) is 0 Å². The van der Waals surface area contributed by atoms with Crippen LogP contribution in [0.15, 0.2) is 30.5 Å². The van der Waals surface area contributed by atoms with Crippen LogP contribution >= 0.6 is 0 Å². The molecule has 0 bridgehead atoms. The smallest absolute Gasteiger partial charge is 0.328 e. The van der Waals surface area contributed by atoms with Crippen molar-refractivity contribution in [2.45, 2.75) is 31.3 Å².